The fourth-order valence-corrected chi connectivity index (χ4v) is 3.07. The third-order valence-electron chi connectivity index (χ3n) is 4.31. The number of piperidine rings is 1. The van der Waals surface area contributed by atoms with Crippen LogP contribution in [0.4, 0.5) is 5.82 Å². The van der Waals surface area contributed by atoms with Crippen molar-refractivity contribution in [3.05, 3.63) is 17.8 Å². The van der Waals surface area contributed by atoms with Crippen molar-refractivity contribution < 1.29 is 0 Å². The first-order valence-corrected chi connectivity index (χ1v) is 7.17. The highest BCUT2D eigenvalue weighted by atomic mass is 15.3. The van der Waals surface area contributed by atoms with Crippen LogP contribution in [0.2, 0.25) is 0 Å². The Balaban J connectivity index is 1.67. The number of nitrogens with zero attached hydrogens (tertiary/aromatic N) is 3. The van der Waals surface area contributed by atoms with E-state index >= 15 is 0 Å². The monoisotopic (exact) mass is 246 g/mol. The highest BCUT2D eigenvalue weighted by Gasteiger charge is 2.20. The molecule has 0 spiro atoms. The summed E-state index contributed by atoms with van der Waals surface area (Å²) in [5.74, 6) is 1.67. The molecule has 0 radical (unpaired) electrons. The van der Waals surface area contributed by atoms with Crippen molar-refractivity contribution in [2.24, 2.45) is 5.73 Å². The maximum absolute atomic E-state index is 5.92. The van der Waals surface area contributed by atoms with Crippen LogP contribution in [-0.2, 0) is 0 Å². The number of aromatic nitrogens is 2. The van der Waals surface area contributed by atoms with E-state index in [1.165, 1.54) is 31.4 Å². The fourth-order valence-electron chi connectivity index (χ4n) is 3.07. The Kier molecular flexibility index (Phi) is 3.46. The summed E-state index contributed by atoms with van der Waals surface area (Å²) in [6.07, 6.45) is 7.38. The van der Waals surface area contributed by atoms with Gasteiger partial charge in [0.1, 0.15) is 0 Å². The molecule has 4 nitrogen and oxygen atoms in total. The van der Waals surface area contributed by atoms with Crippen LogP contribution in [0.5, 0.6) is 0 Å². The van der Waals surface area contributed by atoms with Gasteiger partial charge in [0.2, 0.25) is 0 Å². The van der Waals surface area contributed by atoms with Gasteiger partial charge in [0.05, 0.1) is 5.69 Å². The molecule has 2 aliphatic rings. The van der Waals surface area contributed by atoms with E-state index in [1.54, 1.807) is 0 Å². The minimum absolute atomic E-state index is 0.368. The van der Waals surface area contributed by atoms with Gasteiger partial charge >= 0.3 is 0 Å². The number of anilines is 1. The Morgan fingerprint density at radius 2 is 1.72 bits per heavy atom. The molecular formula is C14H22N4. The molecule has 1 aliphatic carbocycles. The number of nitrogens with two attached hydrogens (primary N) is 1. The molecule has 2 heterocycles. The van der Waals surface area contributed by atoms with Crippen LogP contribution in [0, 0.1) is 0 Å². The number of hydrogen-bond donors (Lipinski definition) is 1. The van der Waals surface area contributed by atoms with Crippen LogP contribution in [0.15, 0.2) is 12.1 Å². The first kappa shape index (κ1) is 11.9. The predicted molar refractivity (Wildman–Crippen MR) is 72.7 cm³/mol. The molecule has 0 amide bonds. The van der Waals surface area contributed by atoms with Gasteiger partial charge in [-0.05, 0) is 37.8 Å². The van der Waals surface area contributed by atoms with Gasteiger partial charge in [0.15, 0.2) is 5.82 Å². The summed E-state index contributed by atoms with van der Waals surface area (Å²) >= 11 is 0. The lowest BCUT2D eigenvalue weighted by molar-refractivity contribution is 0.497. The Morgan fingerprint density at radius 3 is 2.33 bits per heavy atom. The van der Waals surface area contributed by atoms with Crippen LogP contribution < -0.4 is 10.6 Å². The van der Waals surface area contributed by atoms with E-state index in [9.17, 15) is 0 Å². The minimum Gasteiger partial charge on any atom is -0.355 e. The molecule has 2 N–H and O–H groups in total. The number of hydrogen-bond acceptors (Lipinski definition) is 4. The van der Waals surface area contributed by atoms with E-state index in [2.05, 4.69) is 27.2 Å². The Bertz CT molecular complexity index is 375. The summed E-state index contributed by atoms with van der Waals surface area (Å²) < 4.78 is 0. The van der Waals surface area contributed by atoms with Gasteiger partial charge < -0.3 is 10.6 Å². The smallest absolute Gasteiger partial charge is 0.151 e. The van der Waals surface area contributed by atoms with Crippen molar-refractivity contribution in [2.45, 2.75) is 50.5 Å². The van der Waals surface area contributed by atoms with Gasteiger partial charge in [-0.2, -0.15) is 5.10 Å². The summed E-state index contributed by atoms with van der Waals surface area (Å²) in [5, 5.41) is 8.84. The molecule has 1 aromatic heterocycles. The van der Waals surface area contributed by atoms with Crippen molar-refractivity contribution in [3.63, 3.8) is 0 Å². The Labute approximate surface area is 109 Å². The predicted octanol–water partition coefficient (Wildman–Crippen LogP) is 2.06. The van der Waals surface area contributed by atoms with Crippen LogP contribution in [0.3, 0.4) is 0 Å². The molecule has 18 heavy (non-hydrogen) atoms. The molecule has 1 saturated heterocycles. The van der Waals surface area contributed by atoms with Crippen molar-refractivity contribution in [3.8, 4) is 0 Å². The molecule has 4 heteroatoms. The average Bonchev–Trinajstić information content (AvgIpc) is 2.94. The van der Waals surface area contributed by atoms with E-state index in [0.717, 1.165) is 31.7 Å². The lowest BCUT2D eigenvalue weighted by Crippen LogP contribution is -2.40. The molecule has 2 fully saturated rings. The van der Waals surface area contributed by atoms with Gasteiger partial charge in [-0.25, -0.2) is 0 Å². The normalized spacial score (nSPS) is 22.6. The fraction of sp³-hybridized carbons (Fsp3) is 0.714. The van der Waals surface area contributed by atoms with Crippen molar-refractivity contribution in [2.75, 3.05) is 18.0 Å². The largest absolute Gasteiger partial charge is 0.355 e. The molecule has 1 saturated carbocycles. The highest BCUT2D eigenvalue weighted by molar-refractivity contribution is 5.38. The zero-order chi connectivity index (χ0) is 12.4. The molecule has 0 unspecified atom stereocenters. The quantitative estimate of drug-likeness (QED) is 0.868. The van der Waals surface area contributed by atoms with Gasteiger partial charge in [0.25, 0.3) is 0 Å². The minimum atomic E-state index is 0.368. The maximum Gasteiger partial charge on any atom is 0.151 e. The average molecular weight is 246 g/mol. The van der Waals surface area contributed by atoms with E-state index in [4.69, 9.17) is 5.73 Å². The zero-order valence-electron chi connectivity index (χ0n) is 10.9. The van der Waals surface area contributed by atoms with Gasteiger partial charge in [0, 0.05) is 25.0 Å². The van der Waals surface area contributed by atoms with E-state index in [0.29, 0.717) is 12.0 Å². The van der Waals surface area contributed by atoms with E-state index < -0.39 is 0 Å². The van der Waals surface area contributed by atoms with Crippen LogP contribution in [0.25, 0.3) is 0 Å². The second-order valence-electron chi connectivity index (χ2n) is 5.62. The first-order chi connectivity index (χ1) is 8.83. The molecule has 98 valence electrons. The zero-order valence-corrected chi connectivity index (χ0v) is 10.9. The summed E-state index contributed by atoms with van der Waals surface area (Å²) in [4.78, 5) is 2.30. The molecule has 1 aromatic rings. The SMILES string of the molecule is NC1CCN(c2ccc(C3CCCC3)nn2)CC1. The van der Waals surface area contributed by atoms with Crippen LogP contribution in [-0.4, -0.2) is 29.3 Å². The lowest BCUT2D eigenvalue weighted by Gasteiger charge is -2.30. The molecule has 0 bridgehead atoms. The summed E-state index contributed by atoms with van der Waals surface area (Å²) in [6, 6.07) is 4.68. The Morgan fingerprint density at radius 1 is 1.00 bits per heavy atom. The molecule has 0 aromatic carbocycles. The molecule has 3 rings (SSSR count). The highest BCUT2D eigenvalue weighted by Crippen LogP contribution is 2.33. The maximum atomic E-state index is 5.92. The molecular weight excluding hydrogens is 224 g/mol. The van der Waals surface area contributed by atoms with E-state index in [-0.39, 0.29) is 0 Å². The summed E-state index contributed by atoms with van der Waals surface area (Å²) in [5.41, 5.74) is 7.10. The van der Waals surface area contributed by atoms with Crippen LogP contribution in [0.1, 0.15) is 50.1 Å². The molecule has 1 aliphatic heterocycles. The van der Waals surface area contributed by atoms with Gasteiger partial charge in [-0.3, -0.25) is 0 Å². The Hall–Kier alpha value is -1.16. The molecule has 0 atom stereocenters. The summed E-state index contributed by atoms with van der Waals surface area (Å²) in [7, 11) is 0. The first-order valence-electron chi connectivity index (χ1n) is 7.17. The standard InChI is InChI=1S/C14H22N4/c15-12-7-9-18(10-8-12)14-6-5-13(16-17-14)11-3-1-2-4-11/h5-6,11-12H,1-4,7-10,15H2. The number of rotatable bonds is 2. The van der Waals surface area contributed by atoms with E-state index in [1.807, 2.05) is 0 Å². The van der Waals surface area contributed by atoms with Crippen molar-refractivity contribution in [1.29, 1.82) is 0 Å². The topological polar surface area (TPSA) is 55.0 Å². The van der Waals surface area contributed by atoms with Crippen molar-refractivity contribution in [1.82, 2.24) is 10.2 Å². The van der Waals surface area contributed by atoms with Gasteiger partial charge in [-0.15, -0.1) is 5.10 Å². The second-order valence-corrected chi connectivity index (χ2v) is 5.62. The third-order valence-corrected chi connectivity index (χ3v) is 4.31. The lowest BCUT2D eigenvalue weighted by atomic mass is 10.0. The van der Waals surface area contributed by atoms with Crippen LogP contribution >= 0.6 is 0 Å². The summed E-state index contributed by atoms with van der Waals surface area (Å²) in [6.45, 7) is 2.03. The van der Waals surface area contributed by atoms with Crippen molar-refractivity contribution >= 4 is 5.82 Å². The third kappa shape index (κ3) is 2.48. The second kappa shape index (κ2) is 5.22. The van der Waals surface area contributed by atoms with Gasteiger partial charge in [-0.1, -0.05) is 12.8 Å².